The molecule has 0 fully saturated rings. The highest BCUT2D eigenvalue weighted by molar-refractivity contribution is 6.11. The molecule has 2 heterocycles. The number of rotatable bonds is 3. The molecule has 0 N–H and O–H groups in total. The third-order valence-electron chi connectivity index (χ3n) is 10.2. The van der Waals surface area contributed by atoms with Crippen molar-refractivity contribution >= 4 is 32.9 Å². The van der Waals surface area contributed by atoms with Crippen LogP contribution in [0, 0.1) is 0 Å². The first-order chi connectivity index (χ1) is 23.3. The number of nitrogens with zero attached hydrogens (tertiary/aromatic N) is 2. The highest BCUT2D eigenvalue weighted by Gasteiger charge is 2.24. The molecule has 0 bridgehead atoms. The average molecular weight is 661 g/mol. The van der Waals surface area contributed by atoms with Gasteiger partial charge in [0.1, 0.15) is 5.52 Å². The molecule has 3 nitrogen and oxygen atoms in total. The number of aromatic nitrogens is 2. The molecule has 0 unspecified atom stereocenters. The second-order valence-corrected chi connectivity index (χ2v) is 18.4. The van der Waals surface area contributed by atoms with Crippen molar-refractivity contribution in [1.29, 1.82) is 0 Å². The van der Waals surface area contributed by atoms with Crippen LogP contribution in [0.5, 0.6) is 0 Å². The maximum Gasteiger partial charge on any atom is 0.307 e. The third-order valence-corrected chi connectivity index (χ3v) is 10.2. The first-order valence-corrected chi connectivity index (χ1v) is 18.0. The Labute approximate surface area is 298 Å². The molecule has 0 radical (unpaired) electrons. The fraction of sp³-hybridized carbons (Fsp3) is 0.340. The van der Waals surface area contributed by atoms with Crippen LogP contribution in [0.4, 0.5) is 0 Å². The molecule has 0 aliphatic rings. The van der Waals surface area contributed by atoms with Crippen LogP contribution >= 0.6 is 0 Å². The van der Waals surface area contributed by atoms with Gasteiger partial charge in [0.05, 0.1) is 11.0 Å². The van der Waals surface area contributed by atoms with Crippen LogP contribution in [0.15, 0.2) is 101 Å². The molecule has 2 aromatic heterocycles. The molecular weight excluding hydrogens is 609 g/mol. The van der Waals surface area contributed by atoms with E-state index in [1.54, 1.807) is 0 Å². The molecule has 0 aliphatic heterocycles. The Balaban J connectivity index is 1.51. The summed E-state index contributed by atoms with van der Waals surface area (Å²) in [6.45, 7) is 27.6. The summed E-state index contributed by atoms with van der Waals surface area (Å²) in [4.78, 5) is 4.97. The molecule has 0 saturated heterocycles. The van der Waals surface area contributed by atoms with Crippen LogP contribution < -0.4 is 0 Å². The van der Waals surface area contributed by atoms with Crippen molar-refractivity contribution in [3.8, 4) is 28.3 Å². The Kier molecular flexibility index (Phi) is 7.75. The zero-order valence-electron chi connectivity index (χ0n) is 32.0. The first-order valence-electron chi connectivity index (χ1n) is 18.0. The topological polar surface area (TPSA) is 31.0 Å². The van der Waals surface area contributed by atoms with Crippen molar-refractivity contribution in [1.82, 2.24) is 9.55 Å². The van der Waals surface area contributed by atoms with E-state index in [0.29, 0.717) is 6.01 Å². The lowest BCUT2D eigenvalue weighted by Crippen LogP contribution is -2.16. The number of oxazole rings is 1. The molecule has 0 atom stereocenters. The first kappa shape index (κ1) is 33.8. The fourth-order valence-electron chi connectivity index (χ4n) is 6.86. The van der Waals surface area contributed by atoms with Crippen molar-refractivity contribution in [2.45, 2.75) is 105 Å². The van der Waals surface area contributed by atoms with Crippen molar-refractivity contribution < 1.29 is 4.42 Å². The van der Waals surface area contributed by atoms with Crippen LogP contribution in [-0.4, -0.2) is 9.55 Å². The quantitative estimate of drug-likeness (QED) is 0.189. The van der Waals surface area contributed by atoms with Crippen LogP contribution in [0.3, 0.4) is 0 Å². The Hall–Kier alpha value is -4.63. The van der Waals surface area contributed by atoms with Crippen LogP contribution in [0.25, 0.3) is 61.2 Å². The second kappa shape index (κ2) is 11.5. The van der Waals surface area contributed by atoms with Crippen molar-refractivity contribution in [2.24, 2.45) is 0 Å². The maximum absolute atomic E-state index is 6.42. The molecule has 256 valence electrons. The van der Waals surface area contributed by atoms with Gasteiger partial charge in [-0.2, -0.15) is 4.98 Å². The summed E-state index contributed by atoms with van der Waals surface area (Å²) >= 11 is 0. The largest absolute Gasteiger partial charge is 0.423 e. The van der Waals surface area contributed by atoms with Gasteiger partial charge in [-0.05, 0) is 103 Å². The van der Waals surface area contributed by atoms with E-state index < -0.39 is 0 Å². The minimum Gasteiger partial charge on any atom is -0.423 e. The lowest BCUT2D eigenvalue weighted by Gasteiger charge is -2.26. The van der Waals surface area contributed by atoms with Crippen molar-refractivity contribution in [3.63, 3.8) is 0 Å². The highest BCUT2D eigenvalue weighted by atomic mass is 16.4. The van der Waals surface area contributed by atoms with Gasteiger partial charge >= 0.3 is 6.01 Å². The number of para-hydroxylation sites is 2. The molecule has 7 rings (SSSR count). The monoisotopic (exact) mass is 660 g/mol. The van der Waals surface area contributed by atoms with E-state index in [0.717, 1.165) is 22.1 Å². The average Bonchev–Trinajstić information content (AvgIpc) is 3.61. The molecule has 5 aromatic carbocycles. The van der Waals surface area contributed by atoms with Gasteiger partial charge in [0.25, 0.3) is 0 Å². The third kappa shape index (κ3) is 6.17. The van der Waals surface area contributed by atoms with Gasteiger partial charge in [-0.1, -0.05) is 144 Å². The molecule has 7 aromatic rings. The molecule has 0 spiro atoms. The van der Waals surface area contributed by atoms with E-state index in [9.17, 15) is 0 Å². The predicted molar refractivity (Wildman–Crippen MR) is 214 cm³/mol. The van der Waals surface area contributed by atoms with Crippen LogP contribution in [-0.2, 0) is 21.7 Å². The Morgan fingerprint density at radius 1 is 0.440 bits per heavy atom. The summed E-state index contributed by atoms with van der Waals surface area (Å²) in [6.07, 6.45) is 0. The van der Waals surface area contributed by atoms with Gasteiger partial charge in [0, 0.05) is 10.8 Å². The summed E-state index contributed by atoms with van der Waals surface area (Å²) in [6, 6.07) is 36.7. The summed E-state index contributed by atoms with van der Waals surface area (Å²) in [5.74, 6) is 0. The fourth-order valence-corrected chi connectivity index (χ4v) is 6.86. The molecule has 0 aliphatic carbocycles. The molecule has 50 heavy (non-hydrogen) atoms. The SMILES string of the molecule is CC(C)(C)c1cc(-c2ccc3c(c2)c2cc(-c4cc(C(C)(C)C)cc(C(C)(C)C)c4)ccc2n3-c2nc3ccccc3o2)cc(C(C)(C)C)c1. The Bertz CT molecular complexity index is 2180. The Morgan fingerprint density at radius 2 is 0.840 bits per heavy atom. The van der Waals surface area contributed by atoms with Gasteiger partial charge in [-0.25, -0.2) is 0 Å². The summed E-state index contributed by atoms with van der Waals surface area (Å²) in [5, 5.41) is 2.37. The van der Waals surface area contributed by atoms with Crippen LogP contribution in [0.1, 0.15) is 105 Å². The minimum absolute atomic E-state index is 0.0332. The number of benzene rings is 5. The van der Waals surface area contributed by atoms with E-state index in [4.69, 9.17) is 9.40 Å². The van der Waals surface area contributed by atoms with E-state index >= 15 is 0 Å². The normalized spacial score (nSPS) is 13.2. The van der Waals surface area contributed by atoms with E-state index in [1.165, 1.54) is 55.3 Å². The lowest BCUT2D eigenvalue weighted by atomic mass is 9.78. The zero-order valence-corrected chi connectivity index (χ0v) is 32.0. The van der Waals surface area contributed by atoms with Gasteiger partial charge in [0.2, 0.25) is 0 Å². The highest BCUT2D eigenvalue weighted by Crippen LogP contribution is 2.41. The summed E-state index contributed by atoms with van der Waals surface area (Å²) in [5.41, 5.74) is 14.2. The second-order valence-electron chi connectivity index (χ2n) is 18.4. The van der Waals surface area contributed by atoms with E-state index in [1.807, 2.05) is 24.3 Å². The lowest BCUT2D eigenvalue weighted by molar-refractivity contribution is 0.568. The number of fused-ring (bicyclic) bond motifs is 4. The minimum atomic E-state index is 0.0332. The standard InChI is InChI=1S/C47H52N2O/c1-44(2,3)33-21-31(22-34(27-33)45(4,5)6)29-17-19-40-37(25-29)38-26-30(32-23-35(46(7,8)9)28-36(24-32)47(10,11)12)18-20-41(38)49(40)43-48-39-15-13-14-16-42(39)50-43/h13-28H,1-12H3. The number of hydrogen-bond donors (Lipinski definition) is 0. The van der Waals surface area contributed by atoms with Crippen molar-refractivity contribution in [2.75, 3.05) is 0 Å². The summed E-state index contributed by atoms with van der Waals surface area (Å²) < 4.78 is 8.61. The van der Waals surface area contributed by atoms with Gasteiger partial charge in [-0.15, -0.1) is 0 Å². The summed E-state index contributed by atoms with van der Waals surface area (Å²) in [7, 11) is 0. The smallest absolute Gasteiger partial charge is 0.307 e. The Morgan fingerprint density at radius 3 is 1.22 bits per heavy atom. The molecule has 3 heteroatoms. The van der Waals surface area contributed by atoms with E-state index in [2.05, 4.69) is 160 Å². The number of hydrogen-bond acceptors (Lipinski definition) is 2. The zero-order chi connectivity index (χ0) is 36.0. The maximum atomic E-state index is 6.42. The van der Waals surface area contributed by atoms with Gasteiger partial charge in [0.15, 0.2) is 5.58 Å². The van der Waals surface area contributed by atoms with Crippen LogP contribution in [0.2, 0.25) is 0 Å². The van der Waals surface area contributed by atoms with Gasteiger partial charge < -0.3 is 4.42 Å². The molecule has 0 amide bonds. The molecular formula is C47H52N2O. The van der Waals surface area contributed by atoms with E-state index in [-0.39, 0.29) is 21.7 Å². The van der Waals surface area contributed by atoms with Gasteiger partial charge in [-0.3, -0.25) is 4.57 Å². The van der Waals surface area contributed by atoms with Crippen molar-refractivity contribution in [3.05, 3.63) is 119 Å². The predicted octanol–water partition coefficient (Wildman–Crippen LogP) is 13.4. The molecule has 0 saturated carbocycles.